The van der Waals surface area contributed by atoms with Gasteiger partial charge in [0, 0.05) is 31.3 Å². The van der Waals surface area contributed by atoms with Gasteiger partial charge in [0.2, 0.25) is 5.91 Å². The maximum atomic E-state index is 12.6. The number of Topliss-reactive ketones (excluding diaryl/α,β-unsaturated/α-hetero) is 1. The number of likely N-dealkylation sites (tertiary alicyclic amines) is 1. The molecule has 0 radical (unpaired) electrons. The monoisotopic (exact) mass is 387 g/mol. The first-order chi connectivity index (χ1) is 13.3. The Morgan fingerprint density at radius 3 is 2.43 bits per heavy atom. The number of benzene rings is 1. The van der Waals surface area contributed by atoms with Gasteiger partial charge in [-0.15, -0.1) is 0 Å². The number of nitrogens with zero attached hydrogens (tertiary/aromatic N) is 3. The highest BCUT2D eigenvalue weighted by molar-refractivity contribution is 6.02. The summed E-state index contributed by atoms with van der Waals surface area (Å²) in [5.74, 6) is -1.75. The van der Waals surface area contributed by atoms with Crippen LogP contribution in [0.25, 0.3) is 0 Å². The van der Waals surface area contributed by atoms with Crippen molar-refractivity contribution in [2.45, 2.75) is 31.5 Å². The maximum absolute atomic E-state index is 12.6. The van der Waals surface area contributed by atoms with Gasteiger partial charge in [0.15, 0.2) is 11.7 Å². The van der Waals surface area contributed by atoms with E-state index in [0.29, 0.717) is 25.7 Å². The summed E-state index contributed by atoms with van der Waals surface area (Å²) in [4.78, 5) is 29.7. The summed E-state index contributed by atoms with van der Waals surface area (Å²) in [5, 5.41) is 9.34. The molecule has 1 aliphatic heterocycles. The van der Waals surface area contributed by atoms with Crippen LogP contribution in [0.3, 0.4) is 0 Å². The van der Waals surface area contributed by atoms with Crippen LogP contribution in [-0.2, 0) is 17.5 Å². The van der Waals surface area contributed by atoms with Crippen molar-refractivity contribution in [1.82, 2.24) is 9.88 Å². The first-order valence-corrected chi connectivity index (χ1v) is 8.63. The van der Waals surface area contributed by atoms with Gasteiger partial charge in [-0.05, 0) is 24.1 Å². The average molecular weight is 387 g/mol. The zero-order valence-electron chi connectivity index (χ0n) is 14.7. The number of amides is 1. The van der Waals surface area contributed by atoms with E-state index < -0.39 is 23.4 Å². The van der Waals surface area contributed by atoms with E-state index in [1.807, 2.05) is 6.07 Å². The number of halogens is 3. The first kappa shape index (κ1) is 19.5. The zero-order chi connectivity index (χ0) is 20.3. The molecule has 0 bridgehead atoms. The number of hydrogen-bond acceptors (Lipinski definition) is 4. The number of rotatable bonds is 5. The molecule has 2 heterocycles. The lowest BCUT2D eigenvalue weighted by Gasteiger charge is -2.15. The molecule has 144 valence electrons. The number of alkyl halides is 3. The van der Waals surface area contributed by atoms with Gasteiger partial charge in [-0.1, -0.05) is 24.3 Å². The maximum Gasteiger partial charge on any atom is 0.417 e. The lowest BCUT2D eigenvalue weighted by molar-refractivity contribution is -0.137. The number of nitriles is 1. The second-order valence-corrected chi connectivity index (χ2v) is 6.51. The zero-order valence-corrected chi connectivity index (χ0v) is 14.7. The molecule has 28 heavy (non-hydrogen) atoms. The molecular weight excluding hydrogens is 371 g/mol. The Morgan fingerprint density at radius 1 is 1.21 bits per heavy atom. The fourth-order valence-corrected chi connectivity index (χ4v) is 3.04. The lowest BCUT2D eigenvalue weighted by Crippen LogP contribution is -2.23. The minimum atomic E-state index is -4.54. The highest BCUT2D eigenvalue weighted by Crippen LogP contribution is 2.29. The van der Waals surface area contributed by atoms with E-state index in [4.69, 9.17) is 0 Å². The fraction of sp³-hybridized carbons (Fsp3) is 0.300. The summed E-state index contributed by atoms with van der Waals surface area (Å²) in [7, 11) is 0. The Kier molecular flexibility index (Phi) is 5.45. The Hall–Kier alpha value is -3.21. The Balaban J connectivity index is 1.74. The highest BCUT2D eigenvalue weighted by atomic mass is 19.4. The molecule has 1 saturated heterocycles. The molecule has 1 amide bonds. The molecule has 1 aromatic carbocycles. The smallest absolute Gasteiger partial charge is 0.338 e. The van der Waals surface area contributed by atoms with Crippen LogP contribution in [0.1, 0.15) is 45.9 Å². The Bertz CT molecular complexity index is 916. The molecule has 8 heteroatoms. The molecule has 5 nitrogen and oxygen atoms in total. The van der Waals surface area contributed by atoms with Crippen molar-refractivity contribution in [3.8, 4) is 6.07 Å². The average Bonchev–Trinajstić information content (AvgIpc) is 3.07. The summed E-state index contributed by atoms with van der Waals surface area (Å²) >= 11 is 0. The summed E-state index contributed by atoms with van der Waals surface area (Å²) in [5.41, 5.74) is 0.131. The quantitative estimate of drug-likeness (QED) is 0.733. The molecule has 1 aliphatic rings. The number of hydrogen-bond donors (Lipinski definition) is 0. The van der Waals surface area contributed by atoms with Gasteiger partial charge in [-0.2, -0.15) is 18.4 Å². The molecule has 0 spiro atoms. The van der Waals surface area contributed by atoms with Crippen molar-refractivity contribution >= 4 is 11.7 Å². The van der Waals surface area contributed by atoms with Gasteiger partial charge in [-0.3, -0.25) is 14.6 Å². The van der Waals surface area contributed by atoms with Crippen molar-refractivity contribution < 1.29 is 22.8 Å². The van der Waals surface area contributed by atoms with Crippen molar-refractivity contribution in [3.05, 3.63) is 65.0 Å². The van der Waals surface area contributed by atoms with Crippen molar-refractivity contribution in [1.29, 1.82) is 5.26 Å². The summed E-state index contributed by atoms with van der Waals surface area (Å²) in [6.45, 7) is 1.16. The van der Waals surface area contributed by atoms with E-state index in [-0.39, 0.29) is 17.2 Å². The fourth-order valence-electron chi connectivity index (χ4n) is 3.04. The second-order valence-electron chi connectivity index (χ2n) is 6.51. The minimum absolute atomic E-state index is 0.0350. The summed E-state index contributed by atoms with van der Waals surface area (Å²) in [6.07, 6.45) is -2.55. The number of ketones is 1. The van der Waals surface area contributed by atoms with Gasteiger partial charge in [0.1, 0.15) is 0 Å². The van der Waals surface area contributed by atoms with Gasteiger partial charge >= 0.3 is 6.18 Å². The normalized spacial score (nSPS) is 15.4. The van der Waals surface area contributed by atoms with E-state index in [1.54, 1.807) is 29.2 Å². The molecule has 0 N–H and O–H groups in total. The molecule has 1 unspecified atom stereocenters. The molecule has 1 aromatic heterocycles. The third kappa shape index (κ3) is 4.19. The number of carbonyl (C=O) groups excluding carboxylic acids is 2. The van der Waals surface area contributed by atoms with Crippen LogP contribution in [-0.4, -0.2) is 28.1 Å². The van der Waals surface area contributed by atoms with Crippen LogP contribution >= 0.6 is 0 Å². The molecule has 1 atom stereocenters. The van der Waals surface area contributed by atoms with E-state index in [9.17, 15) is 28.0 Å². The topological polar surface area (TPSA) is 74.1 Å². The van der Waals surface area contributed by atoms with Gasteiger partial charge < -0.3 is 4.90 Å². The van der Waals surface area contributed by atoms with Crippen LogP contribution < -0.4 is 0 Å². The van der Waals surface area contributed by atoms with E-state index in [2.05, 4.69) is 4.98 Å². The summed E-state index contributed by atoms with van der Waals surface area (Å²) in [6, 6.07) is 10.2. The molecular formula is C20H16F3N3O2. The molecule has 0 saturated carbocycles. The molecule has 1 fully saturated rings. The van der Waals surface area contributed by atoms with E-state index in [0.717, 1.165) is 24.1 Å². The minimum Gasteiger partial charge on any atom is -0.338 e. The number of pyridine rings is 1. The molecule has 0 aliphatic carbocycles. The lowest BCUT2D eigenvalue weighted by atomic mass is 9.94. The highest BCUT2D eigenvalue weighted by Gasteiger charge is 2.32. The Labute approximate surface area is 159 Å². The van der Waals surface area contributed by atoms with Crippen molar-refractivity contribution in [3.63, 3.8) is 0 Å². The van der Waals surface area contributed by atoms with Gasteiger partial charge in [0.25, 0.3) is 0 Å². The van der Waals surface area contributed by atoms with Crippen LogP contribution in [0.15, 0.2) is 42.6 Å². The standard InChI is InChI=1S/C20H16F3N3O2/c21-20(22,23)15-7-8-17(25-11-15)16(10-24)19(28)14-5-3-13(4-6-14)12-26-9-1-2-18(26)27/h3-8,11,16H,1-2,9,12H2. The largest absolute Gasteiger partial charge is 0.417 e. The van der Waals surface area contributed by atoms with Crippen molar-refractivity contribution in [2.75, 3.05) is 6.54 Å². The third-order valence-corrected chi connectivity index (χ3v) is 4.58. The number of aromatic nitrogens is 1. The Morgan fingerprint density at radius 2 is 1.93 bits per heavy atom. The SMILES string of the molecule is N#CC(C(=O)c1ccc(CN2CCCC2=O)cc1)c1ccc(C(F)(F)F)cn1. The van der Waals surface area contributed by atoms with Gasteiger partial charge in [-0.25, -0.2) is 0 Å². The van der Waals surface area contributed by atoms with Crippen molar-refractivity contribution in [2.24, 2.45) is 0 Å². The number of carbonyl (C=O) groups is 2. The van der Waals surface area contributed by atoms with Crippen LogP contribution in [0.2, 0.25) is 0 Å². The van der Waals surface area contributed by atoms with Gasteiger partial charge in [0.05, 0.1) is 17.3 Å². The van der Waals surface area contributed by atoms with Crippen LogP contribution in [0.4, 0.5) is 13.2 Å². The van der Waals surface area contributed by atoms with E-state index >= 15 is 0 Å². The predicted octanol–water partition coefficient (Wildman–Crippen LogP) is 3.71. The van der Waals surface area contributed by atoms with E-state index in [1.165, 1.54) is 0 Å². The van der Waals surface area contributed by atoms with Crippen LogP contribution in [0, 0.1) is 11.3 Å². The summed E-state index contributed by atoms with van der Waals surface area (Å²) < 4.78 is 37.9. The predicted molar refractivity (Wildman–Crippen MR) is 93.0 cm³/mol. The molecule has 3 rings (SSSR count). The second kappa shape index (κ2) is 7.80. The third-order valence-electron chi connectivity index (χ3n) is 4.58. The van der Waals surface area contributed by atoms with Crippen LogP contribution in [0.5, 0.6) is 0 Å². The first-order valence-electron chi connectivity index (χ1n) is 8.63. The molecule has 2 aromatic rings.